The zero-order valence-corrected chi connectivity index (χ0v) is 17.0. The first-order valence-corrected chi connectivity index (χ1v) is 10.1. The topological polar surface area (TPSA) is 58.1 Å². The third-order valence-electron chi connectivity index (χ3n) is 4.55. The van der Waals surface area contributed by atoms with Crippen LogP contribution in [0.5, 0.6) is 11.5 Å². The number of guanidine groups is 1. The molecule has 0 bridgehead atoms. The lowest BCUT2D eigenvalue weighted by Gasteiger charge is -2.21. The largest absolute Gasteiger partial charge is 0.497 e. The van der Waals surface area contributed by atoms with E-state index in [-0.39, 0.29) is 0 Å². The highest BCUT2D eigenvalue weighted by molar-refractivity contribution is 7.09. The molecule has 3 rings (SSSR count). The molecule has 1 unspecified atom stereocenters. The van der Waals surface area contributed by atoms with Crippen molar-refractivity contribution in [3.05, 3.63) is 40.6 Å². The molecule has 1 aliphatic rings. The molecule has 27 heavy (non-hydrogen) atoms. The second kappa shape index (κ2) is 9.50. The van der Waals surface area contributed by atoms with E-state index < -0.39 is 0 Å². The molecule has 2 N–H and O–H groups in total. The Morgan fingerprint density at radius 3 is 2.67 bits per heavy atom. The summed E-state index contributed by atoms with van der Waals surface area (Å²) in [5.41, 5.74) is 1.12. The summed E-state index contributed by atoms with van der Waals surface area (Å²) in [7, 11) is 3.36. The number of methoxy groups -OCH3 is 2. The monoisotopic (exact) mass is 388 g/mol. The van der Waals surface area contributed by atoms with Crippen molar-refractivity contribution in [2.45, 2.75) is 25.9 Å². The van der Waals surface area contributed by atoms with E-state index in [4.69, 9.17) is 14.5 Å². The Labute approximate surface area is 165 Å². The van der Waals surface area contributed by atoms with Gasteiger partial charge < -0.3 is 25.0 Å². The van der Waals surface area contributed by atoms with Crippen LogP contribution >= 0.6 is 11.3 Å². The van der Waals surface area contributed by atoms with E-state index in [2.05, 4.69) is 52.1 Å². The van der Waals surface area contributed by atoms with Crippen molar-refractivity contribution in [3.8, 4) is 11.5 Å². The summed E-state index contributed by atoms with van der Waals surface area (Å²) in [4.78, 5) is 8.34. The van der Waals surface area contributed by atoms with E-state index in [1.54, 1.807) is 25.6 Å². The maximum atomic E-state index is 5.40. The number of hydrogen-bond acceptors (Lipinski definition) is 5. The number of aliphatic imine (C=N–C) groups is 1. The molecule has 1 aromatic heterocycles. The molecular weight excluding hydrogens is 360 g/mol. The van der Waals surface area contributed by atoms with Crippen LogP contribution in [-0.2, 0) is 6.54 Å². The standard InChI is InChI=1S/C20H28N4O2S/c1-4-21-20(22-13-19-6-5-9-27-19)23-15-7-8-24(14-15)16-10-17(25-2)12-18(11-16)26-3/h5-6,9-12,15H,4,7-8,13-14H2,1-3H3,(H2,21,22,23). The van der Waals surface area contributed by atoms with Gasteiger partial charge in [0.2, 0.25) is 0 Å². The Morgan fingerprint density at radius 2 is 2.04 bits per heavy atom. The van der Waals surface area contributed by atoms with Crippen molar-refractivity contribution in [2.75, 3.05) is 38.8 Å². The molecule has 6 nitrogen and oxygen atoms in total. The fraction of sp³-hybridized carbons (Fsp3) is 0.450. The quantitative estimate of drug-likeness (QED) is 0.564. The van der Waals surface area contributed by atoms with Gasteiger partial charge in [0.05, 0.1) is 20.8 Å². The molecule has 146 valence electrons. The molecule has 2 heterocycles. The molecule has 1 aromatic carbocycles. The number of rotatable bonds is 7. The summed E-state index contributed by atoms with van der Waals surface area (Å²) in [6, 6.07) is 10.5. The van der Waals surface area contributed by atoms with Crippen molar-refractivity contribution < 1.29 is 9.47 Å². The number of hydrogen-bond donors (Lipinski definition) is 2. The van der Waals surface area contributed by atoms with Crippen molar-refractivity contribution in [3.63, 3.8) is 0 Å². The lowest BCUT2D eigenvalue weighted by atomic mass is 10.2. The summed E-state index contributed by atoms with van der Waals surface area (Å²) in [5.74, 6) is 2.50. The van der Waals surface area contributed by atoms with Gasteiger partial charge in [-0.1, -0.05) is 6.07 Å². The summed E-state index contributed by atoms with van der Waals surface area (Å²) < 4.78 is 10.8. The molecule has 1 aliphatic heterocycles. The van der Waals surface area contributed by atoms with Gasteiger partial charge in [0.25, 0.3) is 0 Å². The van der Waals surface area contributed by atoms with Gasteiger partial charge in [0, 0.05) is 54.4 Å². The van der Waals surface area contributed by atoms with Crippen LogP contribution in [0.2, 0.25) is 0 Å². The molecule has 0 radical (unpaired) electrons. The Bertz CT molecular complexity index is 726. The normalized spacial score (nSPS) is 17.1. The minimum atomic E-state index is 0.350. The summed E-state index contributed by atoms with van der Waals surface area (Å²) in [5, 5.41) is 9.01. The predicted octanol–water partition coefficient (Wildman–Crippen LogP) is 3.10. The van der Waals surface area contributed by atoms with Gasteiger partial charge >= 0.3 is 0 Å². The van der Waals surface area contributed by atoms with Crippen LogP contribution in [0.25, 0.3) is 0 Å². The molecular formula is C20H28N4O2S. The minimum absolute atomic E-state index is 0.350. The Kier molecular flexibility index (Phi) is 6.81. The SMILES string of the molecule is CCNC(=NCc1cccs1)NC1CCN(c2cc(OC)cc(OC)c2)C1. The average molecular weight is 389 g/mol. The second-order valence-corrected chi connectivity index (χ2v) is 7.45. The van der Waals surface area contributed by atoms with Crippen LogP contribution in [0.3, 0.4) is 0 Å². The smallest absolute Gasteiger partial charge is 0.191 e. The number of nitrogens with zero attached hydrogens (tertiary/aromatic N) is 2. The van der Waals surface area contributed by atoms with Crippen LogP contribution in [0.15, 0.2) is 40.7 Å². The van der Waals surface area contributed by atoms with Gasteiger partial charge in [0.15, 0.2) is 5.96 Å². The van der Waals surface area contributed by atoms with E-state index in [0.717, 1.165) is 49.2 Å². The zero-order chi connectivity index (χ0) is 19.1. The summed E-state index contributed by atoms with van der Waals surface area (Å²) in [6.45, 7) is 5.54. The van der Waals surface area contributed by atoms with Crippen LogP contribution in [0.4, 0.5) is 5.69 Å². The number of anilines is 1. The first kappa shape index (κ1) is 19.4. The predicted molar refractivity (Wildman–Crippen MR) is 112 cm³/mol. The van der Waals surface area contributed by atoms with E-state index in [1.807, 2.05) is 6.07 Å². The first-order valence-electron chi connectivity index (χ1n) is 9.27. The van der Waals surface area contributed by atoms with Gasteiger partial charge in [-0.05, 0) is 24.8 Å². The highest BCUT2D eigenvalue weighted by atomic mass is 32.1. The second-order valence-electron chi connectivity index (χ2n) is 6.42. The van der Waals surface area contributed by atoms with Crippen molar-refractivity contribution >= 4 is 23.0 Å². The van der Waals surface area contributed by atoms with E-state index in [9.17, 15) is 0 Å². The Balaban J connectivity index is 1.63. The molecule has 1 atom stereocenters. The molecule has 0 saturated carbocycles. The fourth-order valence-corrected chi connectivity index (χ4v) is 3.79. The number of thiophene rings is 1. The Hall–Kier alpha value is -2.41. The number of benzene rings is 1. The maximum absolute atomic E-state index is 5.40. The van der Waals surface area contributed by atoms with Crippen LogP contribution in [0.1, 0.15) is 18.2 Å². The maximum Gasteiger partial charge on any atom is 0.191 e. The minimum Gasteiger partial charge on any atom is -0.497 e. The zero-order valence-electron chi connectivity index (χ0n) is 16.2. The summed E-state index contributed by atoms with van der Waals surface area (Å²) >= 11 is 1.74. The third-order valence-corrected chi connectivity index (χ3v) is 5.41. The first-order chi connectivity index (χ1) is 13.2. The fourth-order valence-electron chi connectivity index (χ4n) is 3.16. The average Bonchev–Trinajstić information content (AvgIpc) is 3.38. The van der Waals surface area contributed by atoms with Gasteiger partial charge in [-0.15, -0.1) is 11.3 Å². The van der Waals surface area contributed by atoms with Gasteiger partial charge in [0.1, 0.15) is 11.5 Å². The van der Waals surface area contributed by atoms with Crippen LogP contribution in [0, 0.1) is 0 Å². The molecule has 0 aliphatic carbocycles. The lowest BCUT2D eigenvalue weighted by Crippen LogP contribution is -2.44. The number of nitrogens with one attached hydrogen (secondary N) is 2. The van der Waals surface area contributed by atoms with Gasteiger partial charge in [-0.2, -0.15) is 0 Å². The number of ether oxygens (including phenoxy) is 2. The molecule has 0 spiro atoms. The molecule has 1 saturated heterocycles. The van der Waals surface area contributed by atoms with E-state index in [0.29, 0.717) is 12.6 Å². The molecule has 1 fully saturated rings. The van der Waals surface area contributed by atoms with Crippen LogP contribution < -0.4 is 25.0 Å². The lowest BCUT2D eigenvalue weighted by molar-refractivity contribution is 0.394. The van der Waals surface area contributed by atoms with Gasteiger partial charge in [-0.3, -0.25) is 0 Å². The van der Waals surface area contributed by atoms with E-state index >= 15 is 0 Å². The van der Waals surface area contributed by atoms with Crippen molar-refractivity contribution in [1.82, 2.24) is 10.6 Å². The highest BCUT2D eigenvalue weighted by Crippen LogP contribution is 2.30. The Morgan fingerprint density at radius 1 is 1.26 bits per heavy atom. The highest BCUT2D eigenvalue weighted by Gasteiger charge is 2.24. The van der Waals surface area contributed by atoms with Gasteiger partial charge in [-0.25, -0.2) is 4.99 Å². The molecule has 0 amide bonds. The summed E-state index contributed by atoms with van der Waals surface area (Å²) in [6.07, 6.45) is 1.06. The molecule has 2 aromatic rings. The third kappa shape index (κ3) is 5.29. The molecule has 7 heteroatoms. The van der Waals surface area contributed by atoms with Crippen molar-refractivity contribution in [1.29, 1.82) is 0 Å². The van der Waals surface area contributed by atoms with E-state index in [1.165, 1.54) is 4.88 Å². The van der Waals surface area contributed by atoms with Crippen molar-refractivity contribution in [2.24, 2.45) is 4.99 Å². The van der Waals surface area contributed by atoms with Crippen LogP contribution in [-0.4, -0.2) is 45.9 Å².